The van der Waals surface area contributed by atoms with Gasteiger partial charge >= 0.3 is 6.18 Å². The van der Waals surface area contributed by atoms with Crippen LogP contribution in [0.5, 0.6) is 0 Å². The molecule has 0 amide bonds. The summed E-state index contributed by atoms with van der Waals surface area (Å²) < 4.78 is 77.2. The molecule has 1 saturated heterocycles. The molecule has 8 heteroatoms. The summed E-state index contributed by atoms with van der Waals surface area (Å²) in [6.45, 7) is 2.04. The van der Waals surface area contributed by atoms with Gasteiger partial charge in [-0.25, -0.2) is 13.2 Å². The summed E-state index contributed by atoms with van der Waals surface area (Å²) in [7, 11) is 0. The van der Waals surface area contributed by atoms with Gasteiger partial charge in [0.1, 0.15) is 0 Å². The van der Waals surface area contributed by atoms with Crippen LogP contribution in [-0.2, 0) is 6.18 Å². The Morgan fingerprint density at radius 3 is 2.18 bits per heavy atom. The van der Waals surface area contributed by atoms with Crippen LogP contribution in [-0.4, -0.2) is 44.0 Å². The Morgan fingerprint density at radius 1 is 1.09 bits per heavy atom. The predicted octanol–water partition coefficient (Wildman–Crippen LogP) is 3.54. The van der Waals surface area contributed by atoms with E-state index < -0.39 is 24.0 Å². The highest BCUT2D eigenvalue weighted by atomic mass is 19.4. The summed E-state index contributed by atoms with van der Waals surface area (Å²) in [5, 5.41) is 0. The quantitative estimate of drug-likeness (QED) is 0.784. The highest BCUT2D eigenvalue weighted by molar-refractivity contribution is 5.53. The predicted molar refractivity (Wildman–Crippen MR) is 70.8 cm³/mol. The average Bonchev–Trinajstić information content (AvgIpc) is 2.40. The second kappa shape index (κ2) is 6.36. The first kappa shape index (κ1) is 16.9. The van der Waals surface area contributed by atoms with Crippen molar-refractivity contribution in [1.82, 2.24) is 4.90 Å². The Labute approximate surface area is 124 Å². The first-order chi connectivity index (χ1) is 10.2. The lowest BCUT2D eigenvalue weighted by atomic mass is 10.1. The molecule has 0 aromatic heterocycles. The zero-order valence-corrected chi connectivity index (χ0v) is 11.9. The normalized spacial score (nSPS) is 17.4. The van der Waals surface area contributed by atoms with Gasteiger partial charge in [-0.05, 0) is 24.6 Å². The van der Waals surface area contributed by atoms with Gasteiger partial charge in [-0.15, -0.1) is 0 Å². The van der Waals surface area contributed by atoms with Crippen molar-refractivity contribution in [3.63, 3.8) is 0 Å². The van der Waals surface area contributed by atoms with Gasteiger partial charge in [0.05, 0.1) is 17.8 Å². The zero-order valence-electron chi connectivity index (χ0n) is 11.9. The summed E-state index contributed by atoms with van der Waals surface area (Å²) >= 11 is 0. The Bertz CT molecular complexity index is 521. The maximum atomic E-state index is 14.1. The van der Waals surface area contributed by atoms with E-state index in [0.29, 0.717) is 5.56 Å². The van der Waals surface area contributed by atoms with Crippen LogP contribution in [0.3, 0.4) is 0 Å². The molecule has 1 heterocycles. The summed E-state index contributed by atoms with van der Waals surface area (Å²) in [5.41, 5.74) is -1.11. The van der Waals surface area contributed by atoms with Crippen LogP contribution in [0.2, 0.25) is 0 Å². The molecule has 1 aromatic rings. The molecule has 0 unspecified atom stereocenters. The Kier molecular flexibility index (Phi) is 4.89. The minimum atomic E-state index is -4.76. The van der Waals surface area contributed by atoms with E-state index >= 15 is 0 Å². The highest BCUT2D eigenvalue weighted by Crippen LogP contribution is 2.36. The van der Waals surface area contributed by atoms with Gasteiger partial charge in [-0.2, -0.15) is 13.2 Å². The molecule has 124 valence electrons. The zero-order chi connectivity index (χ0) is 16.5. The molecule has 0 aliphatic carbocycles. The molecular weight excluding hydrogens is 310 g/mol. The minimum absolute atomic E-state index is 0.121. The number of benzene rings is 1. The molecule has 0 bridgehead atoms. The smallest absolute Gasteiger partial charge is 0.367 e. The van der Waals surface area contributed by atoms with Gasteiger partial charge in [0, 0.05) is 26.2 Å². The largest absolute Gasteiger partial charge is 0.419 e. The standard InChI is InChI=1S/C14H16F6N2/c1-9-6-10(14(18,19)20)13(17)11(7-9)22-4-2-21(3-5-22)8-12(15)16/h6-7,12H,2-5,8H2,1H3. The number of alkyl halides is 5. The minimum Gasteiger partial charge on any atom is -0.367 e. The average molecular weight is 326 g/mol. The van der Waals surface area contributed by atoms with E-state index in [1.54, 1.807) is 0 Å². The molecular formula is C14H16F6N2. The van der Waals surface area contributed by atoms with Crippen molar-refractivity contribution >= 4 is 5.69 Å². The van der Waals surface area contributed by atoms with Gasteiger partial charge in [-0.1, -0.05) is 0 Å². The molecule has 0 N–H and O–H groups in total. The molecule has 0 radical (unpaired) electrons. The number of hydrogen-bond acceptors (Lipinski definition) is 2. The molecule has 1 fully saturated rings. The van der Waals surface area contributed by atoms with Crippen LogP contribution < -0.4 is 4.90 Å². The number of nitrogens with zero attached hydrogens (tertiary/aromatic N) is 2. The van der Waals surface area contributed by atoms with Crippen LogP contribution in [0, 0.1) is 12.7 Å². The van der Waals surface area contributed by atoms with Crippen molar-refractivity contribution in [2.45, 2.75) is 19.5 Å². The topological polar surface area (TPSA) is 6.48 Å². The Balaban J connectivity index is 2.19. The van der Waals surface area contributed by atoms with Crippen LogP contribution in [0.15, 0.2) is 12.1 Å². The van der Waals surface area contributed by atoms with Gasteiger partial charge in [0.25, 0.3) is 6.43 Å². The molecule has 0 atom stereocenters. The lowest BCUT2D eigenvalue weighted by Gasteiger charge is -2.36. The van der Waals surface area contributed by atoms with Gasteiger partial charge in [0.2, 0.25) is 0 Å². The Hall–Kier alpha value is -1.44. The van der Waals surface area contributed by atoms with Crippen molar-refractivity contribution in [2.75, 3.05) is 37.6 Å². The van der Waals surface area contributed by atoms with E-state index in [4.69, 9.17) is 0 Å². The van der Waals surface area contributed by atoms with Gasteiger partial charge < -0.3 is 4.90 Å². The molecule has 1 aliphatic heterocycles. The van der Waals surface area contributed by atoms with E-state index in [1.165, 1.54) is 22.8 Å². The van der Waals surface area contributed by atoms with Crippen LogP contribution in [0.1, 0.15) is 11.1 Å². The van der Waals surface area contributed by atoms with E-state index in [0.717, 1.165) is 6.07 Å². The molecule has 2 rings (SSSR count). The lowest BCUT2D eigenvalue weighted by Crippen LogP contribution is -2.48. The van der Waals surface area contributed by atoms with Crippen LogP contribution in [0.4, 0.5) is 32.0 Å². The second-order valence-corrected chi connectivity index (χ2v) is 5.32. The highest BCUT2D eigenvalue weighted by Gasteiger charge is 2.36. The molecule has 1 aliphatic rings. The first-order valence-electron chi connectivity index (χ1n) is 6.81. The molecule has 0 spiro atoms. The number of aryl methyl sites for hydroxylation is 1. The van der Waals surface area contributed by atoms with Crippen molar-refractivity contribution in [2.24, 2.45) is 0 Å². The fraction of sp³-hybridized carbons (Fsp3) is 0.571. The summed E-state index contributed by atoms with van der Waals surface area (Å²) in [4.78, 5) is 2.99. The van der Waals surface area contributed by atoms with Crippen molar-refractivity contribution in [3.05, 3.63) is 29.1 Å². The molecule has 1 aromatic carbocycles. The molecule has 22 heavy (non-hydrogen) atoms. The second-order valence-electron chi connectivity index (χ2n) is 5.32. The fourth-order valence-electron chi connectivity index (χ4n) is 2.55. The first-order valence-corrected chi connectivity index (χ1v) is 6.81. The van der Waals surface area contributed by atoms with Crippen molar-refractivity contribution < 1.29 is 26.3 Å². The molecule has 0 saturated carbocycles. The van der Waals surface area contributed by atoms with Crippen LogP contribution in [0.25, 0.3) is 0 Å². The van der Waals surface area contributed by atoms with Crippen molar-refractivity contribution in [1.29, 1.82) is 0 Å². The van der Waals surface area contributed by atoms with E-state index in [2.05, 4.69) is 0 Å². The number of halogens is 6. The number of hydrogen-bond donors (Lipinski definition) is 0. The Morgan fingerprint density at radius 2 is 1.68 bits per heavy atom. The maximum absolute atomic E-state index is 14.1. The number of piperazine rings is 1. The monoisotopic (exact) mass is 326 g/mol. The van der Waals surface area contributed by atoms with Gasteiger partial charge in [0.15, 0.2) is 5.82 Å². The summed E-state index contributed by atoms with van der Waals surface area (Å²) in [6.07, 6.45) is -7.22. The SMILES string of the molecule is Cc1cc(N2CCN(CC(F)F)CC2)c(F)c(C(F)(F)F)c1. The number of anilines is 1. The lowest BCUT2D eigenvalue weighted by molar-refractivity contribution is -0.140. The fourth-order valence-corrected chi connectivity index (χ4v) is 2.55. The number of rotatable bonds is 3. The molecule has 2 nitrogen and oxygen atoms in total. The summed E-state index contributed by atoms with van der Waals surface area (Å²) in [5.74, 6) is -1.31. The summed E-state index contributed by atoms with van der Waals surface area (Å²) in [6, 6.07) is 2.12. The third-order valence-corrected chi connectivity index (χ3v) is 3.61. The van der Waals surface area contributed by atoms with Gasteiger partial charge in [-0.3, -0.25) is 4.90 Å². The third kappa shape index (κ3) is 3.85. The third-order valence-electron chi connectivity index (χ3n) is 3.61. The van der Waals surface area contributed by atoms with E-state index in [-0.39, 0.29) is 38.4 Å². The van der Waals surface area contributed by atoms with E-state index in [9.17, 15) is 26.3 Å². The van der Waals surface area contributed by atoms with Crippen LogP contribution >= 0.6 is 0 Å². The van der Waals surface area contributed by atoms with E-state index in [1.807, 2.05) is 0 Å². The van der Waals surface area contributed by atoms with Crippen molar-refractivity contribution in [3.8, 4) is 0 Å². The maximum Gasteiger partial charge on any atom is 0.419 e.